The Bertz CT molecular complexity index is 344. The third kappa shape index (κ3) is 3.40. The number of hydrogen-bond donors (Lipinski definition) is 1. The van der Waals surface area contributed by atoms with Crippen molar-refractivity contribution in [1.29, 1.82) is 0 Å². The quantitative estimate of drug-likeness (QED) is 0.866. The number of aromatic nitrogens is 2. The molecule has 2 rings (SSSR count). The van der Waals surface area contributed by atoms with Gasteiger partial charge in [-0.3, -0.25) is 0 Å². The van der Waals surface area contributed by atoms with E-state index in [9.17, 15) is 0 Å². The lowest BCUT2D eigenvalue weighted by Crippen LogP contribution is -2.45. The highest BCUT2D eigenvalue weighted by Crippen LogP contribution is 2.22. The zero-order valence-electron chi connectivity index (χ0n) is 11.0. The molecule has 17 heavy (non-hydrogen) atoms. The molecule has 0 saturated carbocycles. The Labute approximate surface area is 103 Å². The fourth-order valence-electron chi connectivity index (χ4n) is 2.22. The molecule has 0 radical (unpaired) electrons. The third-order valence-corrected chi connectivity index (χ3v) is 3.10. The SMILES string of the molecule is CC(C)(C)NCC1CCCN1c1cccnn1. The van der Waals surface area contributed by atoms with Crippen LogP contribution in [0, 0.1) is 0 Å². The van der Waals surface area contributed by atoms with Crippen LogP contribution in [-0.4, -0.2) is 34.9 Å². The van der Waals surface area contributed by atoms with Crippen molar-refractivity contribution in [3.63, 3.8) is 0 Å². The summed E-state index contributed by atoms with van der Waals surface area (Å²) >= 11 is 0. The maximum Gasteiger partial charge on any atom is 0.151 e. The Morgan fingerprint density at radius 3 is 2.94 bits per heavy atom. The second-order valence-corrected chi connectivity index (χ2v) is 5.70. The van der Waals surface area contributed by atoms with Crippen LogP contribution in [0.1, 0.15) is 33.6 Å². The summed E-state index contributed by atoms with van der Waals surface area (Å²) in [6.07, 6.45) is 4.20. The molecular formula is C13H22N4. The van der Waals surface area contributed by atoms with E-state index in [1.54, 1.807) is 6.20 Å². The number of anilines is 1. The molecule has 0 spiro atoms. The summed E-state index contributed by atoms with van der Waals surface area (Å²) < 4.78 is 0. The Kier molecular flexibility index (Phi) is 3.62. The Morgan fingerprint density at radius 2 is 2.29 bits per heavy atom. The topological polar surface area (TPSA) is 41.0 Å². The molecule has 1 aromatic heterocycles. The lowest BCUT2D eigenvalue weighted by atomic mass is 10.1. The van der Waals surface area contributed by atoms with Crippen LogP contribution >= 0.6 is 0 Å². The van der Waals surface area contributed by atoms with Crippen molar-refractivity contribution in [2.45, 2.75) is 45.2 Å². The average Bonchev–Trinajstić information content (AvgIpc) is 2.75. The Balaban J connectivity index is 1.98. The smallest absolute Gasteiger partial charge is 0.151 e. The molecule has 4 heteroatoms. The average molecular weight is 234 g/mol. The first-order chi connectivity index (χ1) is 8.06. The van der Waals surface area contributed by atoms with Gasteiger partial charge in [-0.1, -0.05) is 0 Å². The Morgan fingerprint density at radius 1 is 1.47 bits per heavy atom. The molecule has 1 saturated heterocycles. The van der Waals surface area contributed by atoms with Gasteiger partial charge >= 0.3 is 0 Å². The fraction of sp³-hybridized carbons (Fsp3) is 0.692. The van der Waals surface area contributed by atoms with Crippen LogP contribution < -0.4 is 10.2 Å². The van der Waals surface area contributed by atoms with Crippen LogP contribution in [0.5, 0.6) is 0 Å². The molecule has 94 valence electrons. The van der Waals surface area contributed by atoms with E-state index < -0.39 is 0 Å². The third-order valence-electron chi connectivity index (χ3n) is 3.10. The predicted octanol–water partition coefficient (Wildman–Crippen LogP) is 1.83. The van der Waals surface area contributed by atoms with Gasteiger partial charge < -0.3 is 10.2 Å². The summed E-state index contributed by atoms with van der Waals surface area (Å²) in [4.78, 5) is 2.37. The molecular weight excluding hydrogens is 212 g/mol. The molecule has 0 amide bonds. The van der Waals surface area contributed by atoms with Crippen LogP contribution in [-0.2, 0) is 0 Å². The summed E-state index contributed by atoms with van der Waals surface area (Å²) in [5.74, 6) is 1.01. The molecule has 0 bridgehead atoms. The highest BCUT2D eigenvalue weighted by atomic mass is 15.3. The van der Waals surface area contributed by atoms with Gasteiger partial charge in [0.15, 0.2) is 5.82 Å². The first kappa shape index (κ1) is 12.3. The van der Waals surface area contributed by atoms with Gasteiger partial charge in [-0.25, -0.2) is 0 Å². The second-order valence-electron chi connectivity index (χ2n) is 5.70. The zero-order chi connectivity index (χ0) is 12.3. The number of nitrogens with zero attached hydrogens (tertiary/aromatic N) is 3. The van der Waals surface area contributed by atoms with Crippen LogP contribution in [0.3, 0.4) is 0 Å². The van der Waals surface area contributed by atoms with Gasteiger partial charge in [-0.2, -0.15) is 5.10 Å². The van der Waals surface area contributed by atoms with Crippen molar-refractivity contribution in [1.82, 2.24) is 15.5 Å². The molecule has 1 aliphatic heterocycles. The van der Waals surface area contributed by atoms with Gasteiger partial charge in [0.1, 0.15) is 0 Å². The van der Waals surface area contributed by atoms with E-state index in [0.29, 0.717) is 6.04 Å². The molecule has 1 atom stereocenters. The maximum atomic E-state index is 4.20. The Hall–Kier alpha value is -1.16. The molecule has 1 unspecified atom stereocenters. The van der Waals surface area contributed by atoms with Crippen LogP contribution in [0.2, 0.25) is 0 Å². The summed E-state index contributed by atoms with van der Waals surface area (Å²) in [6, 6.07) is 4.54. The van der Waals surface area contributed by atoms with Gasteiger partial charge in [0.25, 0.3) is 0 Å². The lowest BCUT2D eigenvalue weighted by molar-refractivity contribution is 0.404. The zero-order valence-corrected chi connectivity index (χ0v) is 11.0. The van der Waals surface area contributed by atoms with Crippen LogP contribution in [0.15, 0.2) is 18.3 Å². The van der Waals surface area contributed by atoms with E-state index in [-0.39, 0.29) is 5.54 Å². The van der Waals surface area contributed by atoms with Crippen LogP contribution in [0.4, 0.5) is 5.82 Å². The van der Waals surface area contributed by atoms with E-state index in [0.717, 1.165) is 18.9 Å². The summed E-state index contributed by atoms with van der Waals surface area (Å²) in [5.41, 5.74) is 0.177. The largest absolute Gasteiger partial charge is 0.351 e. The van der Waals surface area contributed by atoms with E-state index in [1.165, 1.54) is 12.8 Å². The minimum absolute atomic E-state index is 0.177. The van der Waals surface area contributed by atoms with E-state index in [1.807, 2.05) is 12.1 Å². The van der Waals surface area contributed by atoms with E-state index in [4.69, 9.17) is 0 Å². The summed E-state index contributed by atoms with van der Waals surface area (Å²) in [6.45, 7) is 8.72. The molecule has 4 nitrogen and oxygen atoms in total. The fourth-order valence-corrected chi connectivity index (χ4v) is 2.22. The van der Waals surface area contributed by atoms with Gasteiger partial charge in [-0.05, 0) is 45.7 Å². The molecule has 0 aliphatic carbocycles. The number of nitrogens with one attached hydrogen (secondary N) is 1. The standard InChI is InChI=1S/C13H22N4/c1-13(2,3)14-10-11-6-5-9-17(11)12-7-4-8-15-16-12/h4,7-8,11,14H,5-6,9-10H2,1-3H3. The van der Waals surface area contributed by atoms with Gasteiger partial charge in [0, 0.05) is 30.9 Å². The molecule has 2 heterocycles. The predicted molar refractivity (Wildman–Crippen MR) is 70.2 cm³/mol. The summed E-state index contributed by atoms with van der Waals surface area (Å²) in [7, 11) is 0. The minimum Gasteiger partial charge on any atom is -0.351 e. The van der Waals surface area contributed by atoms with Crippen molar-refractivity contribution in [2.75, 3.05) is 18.0 Å². The lowest BCUT2D eigenvalue weighted by Gasteiger charge is -2.29. The monoisotopic (exact) mass is 234 g/mol. The molecule has 1 N–H and O–H groups in total. The maximum absolute atomic E-state index is 4.20. The minimum atomic E-state index is 0.177. The molecule has 0 aromatic carbocycles. The summed E-state index contributed by atoms with van der Waals surface area (Å²) in [5, 5.41) is 11.7. The van der Waals surface area contributed by atoms with Gasteiger partial charge in [-0.15, -0.1) is 5.10 Å². The normalized spacial score (nSPS) is 20.9. The van der Waals surface area contributed by atoms with Crippen LogP contribution in [0.25, 0.3) is 0 Å². The van der Waals surface area contributed by atoms with Crippen molar-refractivity contribution in [3.8, 4) is 0 Å². The van der Waals surface area contributed by atoms with Crippen molar-refractivity contribution in [3.05, 3.63) is 18.3 Å². The number of hydrogen-bond acceptors (Lipinski definition) is 4. The van der Waals surface area contributed by atoms with Crippen molar-refractivity contribution in [2.24, 2.45) is 0 Å². The van der Waals surface area contributed by atoms with Crippen molar-refractivity contribution < 1.29 is 0 Å². The van der Waals surface area contributed by atoms with Gasteiger partial charge in [0.05, 0.1) is 0 Å². The van der Waals surface area contributed by atoms with E-state index >= 15 is 0 Å². The van der Waals surface area contributed by atoms with E-state index in [2.05, 4.69) is 41.2 Å². The molecule has 1 aliphatic rings. The second kappa shape index (κ2) is 5.00. The number of rotatable bonds is 3. The van der Waals surface area contributed by atoms with Crippen molar-refractivity contribution >= 4 is 5.82 Å². The first-order valence-corrected chi connectivity index (χ1v) is 6.36. The van der Waals surface area contributed by atoms with Gasteiger partial charge in [0.2, 0.25) is 0 Å². The molecule has 1 fully saturated rings. The highest BCUT2D eigenvalue weighted by molar-refractivity contribution is 5.39. The molecule has 1 aromatic rings. The first-order valence-electron chi connectivity index (χ1n) is 6.36. The highest BCUT2D eigenvalue weighted by Gasteiger charge is 2.26.